The minimum absolute atomic E-state index is 0.0187. The normalized spacial score (nSPS) is 10.9. The Morgan fingerprint density at radius 1 is 0.960 bits per heavy atom. The van der Waals surface area contributed by atoms with Gasteiger partial charge in [-0.3, -0.25) is 0 Å². The molecule has 4 rings (SSSR count). The first-order chi connectivity index (χ1) is 12.2. The van der Waals surface area contributed by atoms with Crippen LogP contribution in [0.25, 0.3) is 28.0 Å². The first-order valence-electron chi connectivity index (χ1n) is 7.57. The van der Waals surface area contributed by atoms with E-state index in [1.807, 2.05) is 24.3 Å². The molecule has 2 aromatic heterocycles. The van der Waals surface area contributed by atoms with E-state index in [4.69, 9.17) is 0 Å². The van der Waals surface area contributed by atoms with Crippen LogP contribution in [0.5, 0.6) is 0 Å². The molecule has 2 heterocycles. The van der Waals surface area contributed by atoms with Crippen molar-refractivity contribution in [2.24, 2.45) is 0 Å². The second-order valence-corrected chi connectivity index (χ2v) is 5.45. The number of carboxylic acid groups (broad SMARTS) is 1. The molecule has 0 unspecified atom stereocenters. The lowest BCUT2D eigenvalue weighted by Gasteiger charge is -2.12. The van der Waals surface area contributed by atoms with Gasteiger partial charge in [-0.15, -0.1) is 0 Å². The van der Waals surface area contributed by atoms with Gasteiger partial charge >= 0.3 is 5.97 Å². The number of carbonyl (C=O) groups is 1. The monoisotopic (exact) mass is 333 g/mol. The molecular formula is C19H12FN3O2. The molecule has 2 aromatic carbocycles. The van der Waals surface area contributed by atoms with Crippen LogP contribution in [0.2, 0.25) is 0 Å². The number of hydrogen-bond donors (Lipinski definition) is 1. The van der Waals surface area contributed by atoms with Crippen LogP contribution in [0.3, 0.4) is 0 Å². The number of halogens is 1. The summed E-state index contributed by atoms with van der Waals surface area (Å²) in [6.07, 6.45) is 2.79. The van der Waals surface area contributed by atoms with Crippen LogP contribution in [0, 0.1) is 5.82 Å². The zero-order chi connectivity index (χ0) is 17.4. The van der Waals surface area contributed by atoms with E-state index in [0.717, 1.165) is 5.56 Å². The predicted molar refractivity (Wildman–Crippen MR) is 90.8 cm³/mol. The van der Waals surface area contributed by atoms with Crippen molar-refractivity contribution in [1.29, 1.82) is 0 Å². The molecule has 6 heteroatoms. The maximum atomic E-state index is 14.3. The van der Waals surface area contributed by atoms with Gasteiger partial charge in [-0.05, 0) is 17.7 Å². The highest BCUT2D eigenvalue weighted by Crippen LogP contribution is 2.33. The standard InChI is InChI=1S/C19H12FN3O2/c20-16-8-4-3-6-13(16)12-5-1-2-7-14(12)17-9-10-21-18-15(19(24)25)11-22-23(17)18/h1-11H,(H,24,25). The Morgan fingerprint density at radius 3 is 2.36 bits per heavy atom. The quantitative estimate of drug-likeness (QED) is 0.617. The number of carboxylic acids is 1. The highest BCUT2D eigenvalue weighted by atomic mass is 19.1. The number of fused-ring (bicyclic) bond motifs is 1. The molecule has 0 aliphatic heterocycles. The maximum Gasteiger partial charge on any atom is 0.341 e. The summed E-state index contributed by atoms with van der Waals surface area (Å²) in [5, 5.41) is 13.4. The molecule has 0 bridgehead atoms. The first kappa shape index (κ1) is 15.0. The molecule has 0 radical (unpaired) electrons. The lowest BCUT2D eigenvalue weighted by molar-refractivity contribution is 0.0698. The van der Waals surface area contributed by atoms with Crippen molar-refractivity contribution in [3.05, 3.63) is 78.4 Å². The van der Waals surface area contributed by atoms with Crippen molar-refractivity contribution in [1.82, 2.24) is 14.6 Å². The van der Waals surface area contributed by atoms with E-state index >= 15 is 0 Å². The predicted octanol–water partition coefficient (Wildman–Crippen LogP) is 3.90. The Hall–Kier alpha value is -3.54. The molecule has 0 spiro atoms. The lowest BCUT2D eigenvalue weighted by atomic mass is 9.97. The fourth-order valence-electron chi connectivity index (χ4n) is 2.87. The zero-order valence-electron chi connectivity index (χ0n) is 12.9. The molecule has 0 aliphatic carbocycles. The average Bonchev–Trinajstić information content (AvgIpc) is 3.07. The number of rotatable bonds is 3. The lowest BCUT2D eigenvalue weighted by Crippen LogP contribution is -2.00. The van der Waals surface area contributed by atoms with Crippen LogP contribution < -0.4 is 0 Å². The number of benzene rings is 2. The van der Waals surface area contributed by atoms with Crippen molar-refractivity contribution in [3.8, 4) is 22.4 Å². The number of nitrogens with zero attached hydrogens (tertiary/aromatic N) is 3. The molecule has 0 saturated carbocycles. The van der Waals surface area contributed by atoms with E-state index in [1.54, 1.807) is 24.3 Å². The summed E-state index contributed by atoms with van der Waals surface area (Å²) >= 11 is 0. The third-order valence-electron chi connectivity index (χ3n) is 4.00. The van der Waals surface area contributed by atoms with Crippen LogP contribution >= 0.6 is 0 Å². The van der Waals surface area contributed by atoms with Crippen LogP contribution in [-0.4, -0.2) is 25.7 Å². The Morgan fingerprint density at radius 2 is 1.64 bits per heavy atom. The SMILES string of the molecule is O=C(O)c1cnn2c(-c3ccccc3-c3ccccc3F)ccnc12. The van der Waals surface area contributed by atoms with Crippen molar-refractivity contribution in [2.45, 2.75) is 0 Å². The van der Waals surface area contributed by atoms with E-state index in [-0.39, 0.29) is 17.0 Å². The molecule has 0 amide bonds. The van der Waals surface area contributed by atoms with Gasteiger partial charge in [0, 0.05) is 17.3 Å². The number of aromatic carboxylic acids is 1. The molecular weight excluding hydrogens is 321 g/mol. The summed E-state index contributed by atoms with van der Waals surface area (Å²) < 4.78 is 15.7. The minimum Gasteiger partial charge on any atom is -0.477 e. The van der Waals surface area contributed by atoms with Gasteiger partial charge in [-0.2, -0.15) is 5.10 Å². The summed E-state index contributed by atoms with van der Waals surface area (Å²) in [6.45, 7) is 0. The minimum atomic E-state index is -1.10. The van der Waals surface area contributed by atoms with E-state index in [9.17, 15) is 14.3 Å². The second kappa shape index (κ2) is 5.83. The van der Waals surface area contributed by atoms with Gasteiger partial charge in [0.2, 0.25) is 0 Å². The molecule has 1 N–H and O–H groups in total. The van der Waals surface area contributed by atoms with Crippen molar-refractivity contribution < 1.29 is 14.3 Å². The Balaban J connectivity index is 2.00. The van der Waals surface area contributed by atoms with Crippen LogP contribution in [-0.2, 0) is 0 Å². The largest absolute Gasteiger partial charge is 0.477 e. The average molecular weight is 333 g/mol. The number of hydrogen-bond acceptors (Lipinski definition) is 3. The summed E-state index contributed by atoms with van der Waals surface area (Å²) in [5.41, 5.74) is 2.80. The van der Waals surface area contributed by atoms with E-state index < -0.39 is 5.97 Å². The summed E-state index contributed by atoms with van der Waals surface area (Å²) in [7, 11) is 0. The summed E-state index contributed by atoms with van der Waals surface area (Å²) in [4.78, 5) is 15.4. The molecule has 0 saturated heterocycles. The molecule has 25 heavy (non-hydrogen) atoms. The zero-order valence-corrected chi connectivity index (χ0v) is 12.9. The van der Waals surface area contributed by atoms with Gasteiger partial charge in [0.15, 0.2) is 5.65 Å². The molecule has 5 nitrogen and oxygen atoms in total. The molecule has 0 fully saturated rings. The fourth-order valence-corrected chi connectivity index (χ4v) is 2.87. The van der Waals surface area contributed by atoms with E-state index in [2.05, 4.69) is 10.1 Å². The number of aromatic nitrogens is 3. The third kappa shape index (κ3) is 2.44. The fraction of sp³-hybridized carbons (Fsp3) is 0. The first-order valence-corrected chi connectivity index (χ1v) is 7.57. The van der Waals surface area contributed by atoms with Crippen molar-refractivity contribution in [3.63, 3.8) is 0 Å². The second-order valence-electron chi connectivity index (χ2n) is 5.45. The van der Waals surface area contributed by atoms with Crippen molar-refractivity contribution in [2.75, 3.05) is 0 Å². The smallest absolute Gasteiger partial charge is 0.341 e. The third-order valence-corrected chi connectivity index (χ3v) is 4.00. The highest BCUT2D eigenvalue weighted by molar-refractivity contribution is 5.94. The Labute approximate surface area is 142 Å². The van der Waals surface area contributed by atoms with Crippen LogP contribution in [0.1, 0.15) is 10.4 Å². The van der Waals surface area contributed by atoms with Crippen molar-refractivity contribution >= 4 is 11.6 Å². The molecule has 0 atom stereocenters. The topological polar surface area (TPSA) is 67.5 Å². The van der Waals surface area contributed by atoms with Gasteiger partial charge in [0.05, 0.1) is 11.9 Å². The maximum absolute atomic E-state index is 14.3. The van der Waals surface area contributed by atoms with Crippen LogP contribution in [0.15, 0.2) is 67.0 Å². The van der Waals surface area contributed by atoms with Gasteiger partial charge in [-0.1, -0.05) is 42.5 Å². The molecule has 122 valence electrons. The Bertz CT molecular complexity index is 1100. The van der Waals surface area contributed by atoms with Gasteiger partial charge in [0.1, 0.15) is 11.4 Å². The van der Waals surface area contributed by atoms with Gasteiger partial charge in [0.25, 0.3) is 0 Å². The summed E-state index contributed by atoms with van der Waals surface area (Å²) in [6, 6.07) is 15.6. The summed E-state index contributed by atoms with van der Waals surface area (Å²) in [5.74, 6) is -1.42. The van der Waals surface area contributed by atoms with E-state index in [1.165, 1.54) is 23.0 Å². The molecule has 0 aliphatic rings. The highest BCUT2D eigenvalue weighted by Gasteiger charge is 2.17. The Kier molecular flexibility index (Phi) is 3.50. The van der Waals surface area contributed by atoms with Crippen LogP contribution in [0.4, 0.5) is 4.39 Å². The van der Waals surface area contributed by atoms with Gasteiger partial charge in [-0.25, -0.2) is 18.7 Å². The van der Waals surface area contributed by atoms with E-state index in [0.29, 0.717) is 16.8 Å². The van der Waals surface area contributed by atoms with Gasteiger partial charge < -0.3 is 5.11 Å². The molecule has 4 aromatic rings.